The molecule has 1 aliphatic heterocycles. The molecule has 3 aromatic carbocycles. The summed E-state index contributed by atoms with van der Waals surface area (Å²) in [4.78, 5) is 43.3. The summed E-state index contributed by atoms with van der Waals surface area (Å²) in [5.41, 5.74) is 4.51. The Balaban J connectivity index is 1.56. The molecule has 2 aliphatic rings. The van der Waals surface area contributed by atoms with Gasteiger partial charge in [0.25, 0.3) is 5.91 Å². The van der Waals surface area contributed by atoms with E-state index in [1.54, 1.807) is 52.6 Å². The number of para-hydroxylation sites is 2. The minimum atomic E-state index is -0.688. The lowest BCUT2D eigenvalue weighted by atomic mass is 9.80. The Morgan fingerprint density at radius 3 is 2.33 bits per heavy atom. The summed E-state index contributed by atoms with van der Waals surface area (Å²) in [6.45, 7) is 0. The van der Waals surface area contributed by atoms with E-state index in [9.17, 15) is 14.4 Å². The predicted molar refractivity (Wildman–Crippen MR) is 152 cm³/mol. The number of carbonyl (C=O) groups is 3. The molecule has 0 saturated carbocycles. The molecule has 0 saturated heterocycles. The molecule has 1 aliphatic carbocycles. The molecule has 4 aromatic rings. The van der Waals surface area contributed by atoms with Crippen LogP contribution in [0.1, 0.15) is 56.0 Å². The van der Waals surface area contributed by atoms with Crippen LogP contribution in [0.5, 0.6) is 0 Å². The van der Waals surface area contributed by atoms with E-state index in [0.29, 0.717) is 35.2 Å². The normalized spacial score (nSPS) is 18.5. The van der Waals surface area contributed by atoms with Gasteiger partial charge in [0.2, 0.25) is 0 Å². The quantitative estimate of drug-likeness (QED) is 0.293. The number of methoxy groups -OCH3 is 1. The van der Waals surface area contributed by atoms with Crippen LogP contribution in [-0.2, 0) is 9.53 Å². The summed E-state index contributed by atoms with van der Waals surface area (Å²) in [5.74, 6) is -0.592. The van der Waals surface area contributed by atoms with Crippen LogP contribution in [0.3, 0.4) is 0 Å². The van der Waals surface area contributed by atoms with E-state index < -0.39 is 12.0 Å². The molecule has 0 radical (unpaired) electrons. The van der Waals surface area contributed by atoms with Crippen molar-refractivity contribution in [1.82, 2.24) is 0 Å². The van der Waals surface area contributed by atoms with Gasteiger partial charge in [0.05, 0.1) is 30.1 Å². The highest BCUT2D eigenvalue weighted by Crippen LogP contribution is 2.48. The van der Waals surface area contributed by atoms with Crippen molar-refractivity contribution in [1.29, 1.82) is 0 Å². The predicted octanol–water partition coefficient (Wildman–Crippen LogP) is 6.75. The molecule has 1 amide bonds. The van der Waals surface area contributed by atoms with Gasteiger partial charge in [-0.1, -0.05) is 48.5 Å². The van der Waals surface area contributed by atoms with Crippen LogP contribution < -0.4 is 10.2 Å². The fourth-order valence-electron chi connectivity index (χ4n) is 5.49. The summed E-state index contributed by atoms with van der Waals surface area (Å²) in [6, 6.07) is 27.1. The first kappa shape index (κ1) is 24.8. The molecule has 194 valence electrons. The van der Waals surface area contributed by atoms with Gasteiger partial charge in [0.15, 0.2) is 5.78 Å². The number of benzene rings is 3. The highest BCUT2D eigenvalue weighted by atomic mass is 32.1. The summed E-state index contributed by atoms with van der Waals surface area (Å²) in [6.07, 6.45) is 1.02. The SMILES string of the molecule is COC(=O)c1ccc([C@H]2C3=C(C[C@H](c4cccs4)CC3=O)Nc3ccccc3N2C(=O)c2ccccc2)cc1. The topological polar surface area (TPSA) is 75.7 Å². The minimum Gasteiger partial charge on any atom is -0.465 e. The monoisotopic (exact) mass is 534 g/mol. The third-order valence-corrected chi connectivity index (χ3v) is 8.36. The number of ketones is 1. The Labute approximate surface area is 230 Å². The molecule has 0 spiro atoms. The minimum absolute atomic E-state index is 0.00265. The highest BCUT2D eigenvalue weighted by Gasteiger charge is 2.42. The lowest BCUT2D eigenvalue weighted by Crippen LogP contribution is -2.38. The van der Waals surface area contributed by atoms with Crippen LogP contribution in [0.4, 0.5) is 11.4 Å². The first-order valence-corrected chi connectivity index (χ1v) is 13.7. The van der Waals surface area contributed by atoms with Crippen molar-refractivity contribution in [3.63, 3.8) is 0 Å². The van der Waals surface area contributed by atoms with E-state index in [-0.39, 0.29) is 17.6 Å². The van der Waals surface area contributed by atoms with Crippen LogP contribution >= 0.6 is 11.3 Å². The van der Waals surface area contributed by atoms with E-state index in [4.69, 9.17) is 4.74 Å². The van der Waals surface area contributed by atoms with Gasteiger partial charge >= 0.3 is 5.97 Å². The van der Waals surface area contributed by atoms with Gasteiger partial charge in [-0.05, 0) is 59.8 Å². The zero-order valence-corrected chi connectivity index (χ0v) is 22.1. The number of rotatable bonds is 4. The molecule has 2 heterocycles. The second-order valence-corrected chi connectivity index (χ2v) is 10.6. The van der Waals surface area contributed by atoms with E-state index >= 15 is 0 Å². The number of allylic oxidation sites excluding steroid dienone is 1. The van der Waals surface area contributed by atoms with Gasteiger partial charge in [-0.25, -0.2) is 4.79 Å². The number of carbonyl (C=O) groups excluding carboxylic acids is 3. The number of fused-ring (bicyclic) bond motifs is 1. The Hall–Kier alpha value is -4.49. The van der Waals surface area contributed by atoms with E-state index in [1.165, 1.54) is 12.0 Å². The van der Waals surface area contributed by atoms with Crippen LogP contribution in [0, 0.1) is 0 Å². The van der Waals surface area contributed by atoms with Crippen molar-refractivity contribution < 1.29 is 19.1 Å². The lowest BCUT2D eigenvalue weighted by molar-refractivity contribution is -0.116. The average molecular weight is 535 g/mol. The van der Waals surface area contributed by atoms with Gasteiger partial charge in [-0.15, -0.1) is 11.3 Å². The fourth-order valence-corrected chi connectivity index (χ4v) is 6.32. The van der Waals surface area contributed by atoms with Crippen LogP contribution in [-0.4, -0.2) is 24.8 Å². The molecule has 1 N–H and O–H groups in total. The molecular formula is C32H26N2O4S. The summed E-state index contributed by atoms with van der Waals surface area (Å²) in [5, 5.41) is 5.59. The molecule has 0 bridgehead atoms. The third kappa shape index (κ3) is 4.55. The maximum atomic E-state index is 14.2. The van der Waals surface area contributed by atoms with Gasteiger partial charge in [-0.3, -0.25) is 14.5 Å². The Kier molecular flexibility index (Phi) is 6.59. The van der Waals surface area contributed by atoms with Gasteiger partial charge in [0, 0.05) is 34.0 Å². The van der Waals surface area contributed by atoms with Crippen molar-refractivity contribution in [3.8, 4) is 0 Å². The number of amides is 1. The number of hydrogen-bond acceptors (Lipinski definition) is 6. The Morgan fingerprint density at radius 2 is 1.62 bits per heavy atom. The third-order valence-electron chi connectivity index (χ3n) is 7.32. The first-order chi connectivity index (χ1) is 19.0. The average Bonchev–Trinajstić information content (AvgIpc) is 3.47. The first-order valence-electron chi connectivity index (χ1n) is 12.8. The largest absolute Gasteiger partial charge is 0.465 e. The maximum absolute atomic E-state index is 14.2. The van der Waals surface area contributed by atoms with Crippen molar-refractivity contribution in [2.75, 3.05) is 17.3 Å². The standard InChI is InChI=1S/C32H26N2O4S/c1-38-32(37)22-15-13-20(14-16-22)30-29-25(18-23(19-27(29)35)28-12-7-17-39-28)33-24-10-5-6-11-26(24)34(30)31(36)21-8-3-2-4-9-21/h2-17,23,30,33H,18-19H2,1H3/t23-,30-/m0/s1. The molecule has 6 rings (SSSR count). The van der Waals surface area contributed by atoms with Gasteiger partial charge < -0.3 is 10.1 Å². The number of esters is 1. The number of nitrogens with one attached hydrogen (secondary N) is 1. The maximum Gasteiger partial charge on any atom is 0.337 e. The summed E-state index contributed by atoms with van der Waals surface area (Å²) >= 11 is 1.66. The summed E-state index contributed by atoms with van der Waals surface area (Å²) < 4.78 is 4.88. The number of Topliss-reactive ketones (excluding diaryl/α,β-unsaturated/α-hetero) is 1. The van der Waals surface area contributed by atoms with Crippen molar-refractivity contribution in [3.05, 3.63) is 129 Å². The number of ether oxygens (including phenoxy) is 1. The molecule has 39 heavy (non-hydrogen) atoms. The Bertz CT molecular complexity index is 1580. The second kappa shape index (κ2) is 10.3. The molecule has 7 heteroatoms. The van der Waals surface area contributed by atoms with Gasteiger partial charge in [-0.2, -0.15) is 0 Å². The van der Waals surface area contributed by atoms with Crippen molar-refractivity contribution >= 4 is 40.4 Å². The number of nitrogens with zero attached hydrogens (tertiary/aromatic N) is 1. The molecular weight excluding hydrogens is 508 g/mol. The fraction of sp³-hybridized carbons (Fsp3) is 0.156. The number of thiophene rings is 1. The van der Waals surface area contributed by atoms with Crippen molar-refractivity contribution in [2.24, 2.45) is 0 Å². The smallest absolute Gasteiger partial charge is 0.337 e. The molecule has 0 unspecified atom stereocenters. The number of hydrogen-bond donors (Lipinski definition) is 1. The van der Waals surface area contributed by atoms with Crippen LogP contribution in [0.25, 0.3) is 0 Å². The zero-order valence-electron chi connectivity index (χ0n) is 21.3. The van der Waals surface area contributed by atoms with Crippen LogP contribution in [0.15, 0.2) is 108 Å². The van der Waals surface area contributed by atoms with E-state index in [0.717, 1.165) is 16.9 Å². The molecule has 2 atom stereocenters. The van der Waals surface area contributed by atoms with Crippen LogP contribution in [0.2, 0.25) is 0 Å². The summed E-state index contributed by atoms with van der Waals surface area (Å²) in [7, 11) is 1.34. The lowest BCUT2D eigenvalue weighted by Gasteiger charge is -2.35. The van der Waals surface area contributed by atoms with Crippen molar-refractivity contribution in [2.45, 2.75) is 24.8 Å². The van der Waals surface area contributed by atoms with E-state index in [2.05, 4.69) is 11.4 Å². The number of anilines is 2. The molecule has 0 fully saturated rings. The molecule has 6 nitrogen and oxygen atoms in total. The highest BCUT2D eigenvalue weighted by molar-refractivity contribution is 7.10. The van der Waals surface area contributed by atoms with Gasteiger partial charge in [0.1, 0.15) is 0 Å². The Morgan fingerprint density at radius 1 is 0.872 bits per heavy atom. The zero-order chi connectivity index (χ0) is 26.9. The van der Waals surface area contributed by atoms with E-state index in [1.807, 2.05) is 53.9 Å². The second-order valence-electron chi connectivity index (χ2n) is 9.64. The molecule has 1 aromatic heterocycles.